The number of nitrogens with zero attached hydrogens (tertiary/aromatic N) is 3. The van der Waals surface area contributed by atoms with Crippen LogP contribution in [0.5, 0.6) is 0 Å². The summed E-state index contributed by atoms with van der Waals surface area (Å²) in [7, 11) is 0. The molecule has 5 nitrogen and oxygen atoms in total. The Balaban J connectivity index is 2.19. The second-order valence-electron chi connectivity index (χ2n) is 3.19. The van der Waals surface area contributed by atoms with Crippen molar-refractivity contribution >= 4 is 27.5 Å². The van der Waals surface area contributed by atoms with E-state index in [9.17, 15) is 4.79 Å². The molecular formula is C10H6N4OS. The Labute approximate surface area is 94.3 Å². The first-order valence-electron chi connectivity index (χ1n) is 4.61. The molecule has 3 rings (SSSR count). The number of rotatable bonds is 2. The molecule has 0 saturated carbocycles. The topological polar surface area (TPSA) is 71.5 Å². The average Bonchev–Trinajstić information content (AvgIpc) is 2.98. The van der Waals surface area contributed by atoms with Crippen LogP contribution in [0.25, 0.3) is 10.2 Å². The predicted octanol–water partition coefficient (Wildman–Crippen LogP) is 1.65. The first-order chi connectivity index (χ1) is 7.86. The number of fused-ring (bicyclic) bond motifs is 1. The van der Waals surface area contributed by atoms with E-state index in [-0.39, 0.29) is 5.78 Å². The summed E-state index contributed by atoms with van der Waals surface area (Å²) in [5.41, 5.74) is 1.32. The Morgan fingerprint density at radius 1 is 1.38 bits per heavy atom. The van der Waals surface area contributed by atoms with Crippen LogP contribution in [0.1, 0.15) is 16.2 Å². The van der Waals surface area contributed by atoms with Gasteiger partial charge in [-0.1, -0.05) is 10.6 Å². The van der Waals surface area contributed by atoms with E-state index in [1.165, 1.54) is 11.5 Å². The van der Waals surface area contributed by atoms with Gasteiger partial charge in [0, 0.05) is 18.0 Å². The molecule has 0 atom stereocenters. The van der Waals surface area contributed by atoms with E-state index >= 15 is 0 Å². The Bertz CT molecular complexity index is 644. The monoisotopic (exact) mass is 230 g/mol. The van der Waals surface area contributed by atoms with Gasteiger partial charge in [-0.3, -0.25) is 4.79 Å². The molecule has 0 bridgehead atoms. The fourth-order valence-corrected chi connectivity index (χ4v) is 2.17. The second kappa shape index (κ2) is 3.49. The fourth-order valence-electron chi connectivity index (χ4n) is 1.50. The Morgan fingerprint density at radius 3 is 3.12 bits per heavy atom. The minimum Gasteiger partial charge on any atom is -0.342 e. The average molecular weight is 230 g/mol. The first kappa shape index (κ1) is 9.17. The molecule has 3 aromatic rings. The van der Waals surface area contributed by atoms with Crippen molar-refractivity contribution in [2.75, 3.05) is 0 Å². The molecule has 1 N–H and O–H groups in total. The third-order valence-electron chi connectivity index (χ3n) is 2.23. The van der Waals surface area contributed by atoms with Gasteiger partial charge in [0.15, 0.2) is 5.82 Å². The van der Waals surface area contributed by atoms with E-state index in [1.54, 1.807) is 24.5 Å². The molecule has 0 aliphatic heterocycles. The number of carbonyl (C=O) groups is 1. The van der Waals surface area contributed by atoms with Gasteiger partial charge in [-0.25, -0.2) is 4.98 Å². The van der Waals surface area contributed by atoms with Gasteiger partial charge in [-0.15, -0.1) is 5.10 Å². The Kier molecular flexibility index (Phi) is 2.00. The van der Waals surface area contributed by atoms with Gasteiger partial charge in [0.1, 0.15) is 5.52 Å². The normalized spacial score (nSPS) is 10.8. The number of carbonyl (C=O) groups excluding carboxylic acids is 1. The van der Waals surface area contributed by atoms with E-state index < -0.39 is 0 Å². The molecular weight excluding hydrogens is 224 g/mol. The van der Waals surface area contributed by atoms with Crippen LogP contribution in [0.3, 0.4) is 0 Å². The zero-order valence-corrected chi connectivity index (χ0v) is 8.86. The molecule has 0 fully saturated rings. The van der Waals surface area contributed by atoms with Crippen molar-refractivity contribution in [1.82, 2.24) is 19.6 Å². The minimum absolute atomic E-state index is 0.137. The maximum Gasteiger partial charge on any atom is 0.229 e. The quantitative estimate of drug-likeness (QED) is 0.679. The van der Waals surface area contributed by atoms with Crippen LogP contribution in [0, 0.1) is 0 Å². The lowest BCUT2D eigenvalue weighted by Gasteiger charge is -1.97. The van der Waals surface area contributed by atoms with Gasteiger partial charge in [0.2, 0.25) is 5.78 Å². The number of aromatic nitrogens is 4. The van der Waals surface area contributed by atoms with Gasteiger partial charge in [-0.05, 0) is 23.7 Å². The lowest BCUT2D eigenvalue weighted by molar-refractivity contribution is 0.103. The molecule has 0 aliphatic carbocycles. The van der Waals surface area contributed by atoms with Gasteiger partial charge < -0.3 is 4.98 Å². The van der Waals surface area contributed by atoms with E-state index in [2.05, 4.69) is 19.6 Å². The van der Waals surface area contributed by atoms with Crippen LogP contribution in [0.2, 0.25) is 0 Å². The minimum atomic E-state index is -0.137. The molecule has 6 heteroatoms. The first-order valence-corrected chi connectivity index (χ1v) is 5.39. The van der Waals surface area contributed by atoms with Crippen LogP contribution in [-0.4, -0.2) is 25.3 Å². The summed E-state index contributed by atoms with van der Waals surface area (Å²) < 4.78 is 4.63. The molecule has 0 spiro atoms. The number of hydrogen-bond donors (Lipinski definition) is 1. The number of ketones is 1. The molecule has 16 heavy (non-hydrogen) atoms. The lowest BCUT2D eigenvalue weighted by Crippen LogP contribution is -2.03. The third kappa shape index (κ3) is 1.31. The van der Waals surface area contributed by atoms with Gasteiger partial charge in [0.05, 0.1) is 4.70 Å². The highest BCUT2D eigenvalue weighted by Gasteiger charge is 2.15. The summed E-state index contributed by atoms with van der Waals surface area (Å²) in [6, 6.07) is 5.38. The van der Waals surface area contributed by atoms with Crippen LogP contribution >= 0.6 is 11.5 Å². The third-order valence-corrected chi connectivity index (χ3v) is 3.01. The van der Waals surface area contributed by atoms with Crippen molar-refractivity contribution in [2.24, 2.45) is 0 Å². The number of imidazole rings is 1. The van der Waals surface area contributed by atoms with E-state index in [0.29, 0.717) is 11.4 Å². The molecule has 1 aromatic carbocycles. The summed E-state index contributed by atoms with van der Waals surface area (Å²) in [5, 5.41) is 3.93. The molecule has 0 aliphatic rings. The summed E-state index contributed by atoms with van der Waals surface area (Å²) >= 11 is 1.22. The number of H-pyrrole nitrogens is 1. The standard InChI is InChI=1S/C10H6N4OS/c15-8(10-11-4-5-12-10)6-2-1-3-7-9(6)16-14-13-7/h1-5H,(H,11,12). The summed E-state index contributed by atoms with van der Waals surface area (Å²) in [6.07, 6.45) is 3.18. The Morgan fingerprint density at radius 2 is 2.31 bits per heavy atom. The number of aromatic amines is 1. The lowest BCUT2D eigenvalue weighted by atomic mass is 10.1. The molecule has 0 unspecified atom stereocenters. The largest absolute Gasteiger partial charge is 0.342 e. The number of benzene rings is 1. The van der Waals surface area contributed by atoms with Crippen molar-refractivity contribution < 1.29 is 4.79 Å². The number of nitrogens with one attached hydrogen (secondary N) is 1. The van der Waals surface area contributed by atoms with Crippen LogP contribution < -0.4 is 0 Å². The smallest absolute Gasteiger partial charge is 0.229 e. The maximum atomic E-state index is 12.1. The zero-order chi connectivity index (χ0) is 11.0. The zero-order valence-electron chi connectivity index (χ0n) is 8.04. The molecule has 0 saturated heterocycles. The van der Waals surface area contributed by atoms with Crippen molar-refractivity contribution in [3.63, 3.8) is 0 Å². The Hall–Kier alpha value is -2.08. The highest BCUT2D eigenvalue weighted by Crippen LogP contribution is 2.21. The van der Waals surface area contributed by atoms with Gasteiger partial charge in [-0.2, -0.15) is 0 Å². The van der Waals surface area contributed by atoms with Crippen LogP contribution in [0.15, 0.2) is 30.6 Å². The van der Waals surface area contributed by atoms with Gasteiger partial charge >= 0.3 is 0 Å². The second-order valence-corrected chi connectivity index (χ2v) is 3.95. The van der Waals surface area contributed by atoms with Crippen molar-refractivity contribution in [3.05, 3.63) is 42.0 Å². The highest BCUT2D eigenvalue weighted by molar-refractivity contribution is 7.13. The van der Waals surface area contributed by atoms with E-state index in [4.69, 9.17) is 0 Å². The summed E-state index contributed by atoms with van der Waals surface area (Å²) in [5.74, 6) is 0.197. The predicted molar refractivity (Wildman–Crippen MR) is 59.4 cm³/mol. The molecule has 0 amide bonds. The van der Waals surface area contributed by atoms with Crippen LogP contribution in [0.4, 0.5) is 0 Å². The highest BCUT2D eigenvalue weighted by atomic mass is 32.1. The van der Waals surface area contributed by atoms with Crippen molar-refractivity contribution in [3.8, 4) is 0 Å². The van der Waals surface area contributed by atoms with E-state index in [1.807, 2.05) is 6.07 Å². The molecule has 2 heterocycles. The summed E-state index contributed by atoms with van der Waals surface area (Å²) in [6.45, 7) is 0. The SMILES string of the molecule is O=C(c1ncc[nH]1)c1cccc2nnsc12. The number of hydrogen-bond acceptors (Lipinski definition) is 5. The van der Waals surface area contributed by atoms with Crippen molar-refractivity contribution in [2.45, 2.75) is 0 Å². The van der Waals surface area contributed by atoms with E-state index in [0.717, 1.165) is 10.2 Å². The molecule has 0 radical (unpaired) electrons. The summed E-state index contributed by atoms with van der Waals surface area (Å²) in [4.78, 5) is 18.8. The van der Waals surface area contributed by atoms with Crippen molar-refractivity contribution in [1.29, 1.82) is 0 Å². The molecule has 78 valence electrons. The van der Waals surface area contributed by atoms with Crippen LogP contribution in [-0.2, 0) is 0 Å². The maximum absolute atomic E-state index is 12.1. The van der Waals surface area contributed by atoms with Gasteiger partial charge in [0.25, 0.3) is 0 Å². The molecule has 2 aromatic heterocycles. The fraction of sp³-hybridized carbons (Fsp3) is 0.